The average molecular weight is 533 g/mol. The summed E-state index contributed by atoms with van der Waals surface area (Å²) < 4.78 is 6.02. The highest BCUT2D eigenvalue weighted by Crippen LogP contribution is 2.52. The van der Waals surface area contributed by atoms with Crippen LogP contribution in [0.25, 0.3) is 0 Å². The van der Waals surface area contributed by atoms with Gasteiger partial charge in [0.15, 0.2) is 0 Å². The molecule has 38 heavy (non-hydrogen) atoms. The van der Waals surface area contributed by atoms with E-state index in [1.165, 1.54) is 0 Å². The van der Waals surface area contributed by atoms with E-state index in [4.69, 9.17) is 4.74 Å². The minimum atomic E-state index is -0.151. The van der Waals surface area contributed by atoms with Crippen molar-refractivity contribution >= 4 is 29.4 Å². The molecule has 8 heteroatoms. The number of carbonyl (C=O) groups is 2. The molecule has 2 N–H and O–H groups in total. The smallest absolute Gasteiger partial charge is 0.326 e. The molecule has 0 radical (unpaired) electrons. The van der Waals surface area contributed by atoms with Crippen LogP contribution in [0.5, 0.6) is 11.5 Å². The number of rotatable bonds is 6. The molecule has 6 rings (SSSR count). The lowest BCUT2D eigenvalue weighted by atomic mass is 9.79. The molecule has 200 valence electrons. The van der Waals surface area contributed by atoms with Gasteiger partial charge in [0, 0.05) is 40.7 Å². The fourth-order valence-corrected chi connectivity index (χ4v) is 8.31. The molecule has 2 heterocycles. The van der Waals surface area contributed by atoms with Crippen molar-refractivity contribution in [2.45, 2.75) is 68.8 Å². The highest BCUT2D eigenvalue weighted by atomic mass is 32.2. The Morgan fingerprint density at radius 1 is 1.05 bits per heavy atom. The maximum absolute atomic E-state index is 13.6. The summed E-state index contributed by atoms with van der Waals surface area (Å²) >= 11 is 1.67. The highest BCUT2D eigenvalue weighted by Gasteiger charge is 2.52. The normalized spacial score (nSPS) is 28.4. The van der Waals surface area contributed by atoms with E-state index in [0.29, 0.717) is 16.2 Å². The summed E-state index contributed by atoms with van der Waals surface area (Å²) in [6.07, 6.45) is 6.26. The third-order valence-electron chi connectivity index (χ3n) is 8.52. The summed E-state index contributed by atoms with van der Waals surface area (Å²) in [4.78, 5) is 32.0. The number of anilines is 1. The van der Waals surface area contributed by atoms with Gasteiger partial charge in [-0.05, 0) is 89.0 Å². The first-order valence-electron chi connectivity index (χ1n) is 13.7. The zero-order chi connectivity index (χ0) is 26.4. The predicted octanol–water partition coefficient (Wildman–Crippen LogP) is 5.41. The number of nitrogens with one attached hydrogen (secondary N) is 2. The Morgan fingerprint density at radius 2 is 1.84 bits per heavy atom. The first-order valence-corrected chi connectivity index (χ1v) is 14.6. The molecule has 0 aromatic heterocycles. The number of benzene rings is 2. The van der Waals surface area contributed by atoms with Gasteiger partial charge in [-0.25, -0.2) is 4.79 Å². The number of hydrogen-bond donors (Lipinski definition) is 2. The number of para-hydroxylation sites is 1. The Labute approximate surface area is 229 Å². The Bertz CT molecular complexity index is 1260. The number of carbonyl (C=O) groups excluding carboxylic acids is 2. The van der Waals surface area contributed by atoms with Gasteiger partial charge in [-0.2, -0.15) is 0 Å². The van der Waals surface area contributed by atoms with Crippen LogP contribution in [-0.2, 0) is 4.79 Å². The van der Waals surface area contributed by atoms with Crippen molar-refractivity contribution in [1.82, 2.24) is 15.5 Å². The molecule has 3 amide bonds. The molecule has 7 nitrogen and oxygen atoms in total. The number of urea groups is 1. The Hall–Kier alpha value is -2.97. The van der Waals surface area contributed by atoms with Crippen molar-refractivity contribution in [2.24, 2.45) is 5.92 Å². The van der Waals surface area contributed by atoms with Crippen molar-refractivity contribution in [1.29, 1.82) is 0 Å². The monoisotopic (exact) mass is 532 g/mol. The SMILES string of the molecule is Cc1cc(Oc2ccccc2)ccc1N1C(=O)NC2=C(C(=O)N[C@@H]3CCC[C@@H]3N(C)C)SC3CCCC1C23. The number of hydrogen-bond acceptors (Lipinski definition) is 5. The number of nitrogens with zero attached hydrogens (tertiary/aromatic N) is 2. The standard InChI is InChI=1S/C30H36N4O3S/c1-18-17-20(37-19-9-5-4-6-10-19)15-16-22(18)34-24-13-8-14-25-26(24)27(32-30(34)36)28(38-25)29(35)31-21-11-7-12-23(21)33(2)3/h4-6,9-10,15-17,21,23-26H,7-8,11-14H2,1-3H3,(H,31,35)(H,32,36)/t21-,23+,24?,25?,26?/m1/s1. The van der Waals surface area contributed by atoms with Crippen molar-refractivity contribution in [3.8, 4) is 11.5 Å². The van der Waals surface area contributed by atoms with Crippen LogP contribution in [0.1, 0.15) is 44.1 Å². The van der Waals surface area contributed by atoms with Crippen molar-refractivity contribution in [2.75, 3.05) is 19.0 Å². The van der Waals surface area contributed by atoms with Crippen molar-refractivity contribution in [3.63, 3.8) is 0 Å². The second-order valence-electron chi connectivity index (χ2n) is 11.1. The molecule has 3 fully saturated rings. The highest BCUT2D eigenvalue weighted by molar-refractivity contribution is 8.04. The second-order valence-corrected chi connectivity index (χ2v) is 12.4. The number of thioether (sulfide) groups is 1. The van der Waals surface area contributed by atoms with Gasteiger partial charge >= 0.3 is 6.03 Å². The van der Waals surface area contributed by atoms with Crippen LogP contribution < -0.4 is 20.3 Å². The molecule has 0 spiro atoms. The van der Waals surface area contributed by atoms with E-state index < -0.39 is 0 Å². The molecule has 2 aliphatic carbocycles. The van der Waals surface area contributed by atoms with Crippen LogP contribution in [0.3, 0.4) is 0 Å². The molecule has 5 atom stereocenters. The van der Waals surface area contributed by atoms with Gasteiger partial charge in [-0.15, -0.1) is 11.8 Å². The van der Waals surface area contributed by atoms with Crippen LogP contribution in [0.4, 0.5) is 10.5 Å². The Kier molecular flexibility index (Phi) is 6.86. The fourth-order valence-electron chi connectivity index (χ4n) is 6.78. The third-order valence-corrected chi connectivity index (χ3v) is 9.99. The molecule has 3 unspecified atom stereocenters. The molecule has 2 aromatic carbocycles. The van der Waals surface area contributed by atoms with E-state index in [0.717, 1.165) is 67.0 Å². The maximum atomic E-state index is 13.6. The largest absolute Gasteiger partial charge is 0.457 e. The second kappa shape index (κ2) is 10.3. The molecule has 2 saturated carbocycles. The van der Waals surface area contributed by atoms with Gasteiger partial charge in [0.2, 0.25) is 0 Å². The van der Waals surface area contributed by atoms with Gasteiger partial charge < -0.3 is 20.3 Å². The predicted molar refractivity (Wildman–Crippen MR) is 151 cm³/mol. The number of ether oxygens (including phenoxy) is 1. The van der Waals surface area contributed by atoms with Gasteiger partial charge in [0.05, 0.1) is 4.91 Å². The molecule has 0 bridgehead atoms. The summed E-state index contributed by atoms with van der Waals surface area (Å²) in [5, 5.41) is 6.80. The van der Waals surface area contributed by atoms with E-state index in [2.05, 4.69) is 29.6 Å². The topological polar surface area (TPSA) is 73.9 Å². The summed E-state index contributed by atoms with van der Waals surface area (Å²) in [6.45, 7) is 2.02. The number of aryl methyl sites for hydroxylation is 1. The van der Waals surface area contributed by atoms with Crippen LogP contribution >= 0.6 is 11.8 Å². The van der Waals surface area contributed by atoms with Crippen LogP contribution in [-0.4, -0.2) is 54.3 Å². The van der Waals surface area contributed by atoms with E-state index >= 15 is 0 Å². The molecular weight excluding hydrogens is 496 g/mol. The lowest BCUT2D eigenvalue weighted by molar-refractivity contribution is -0.117. The van der Waals surface area contributed by atoms with Crippen LogP contribution in [0, 0.1) is 12.8 Å². The summed E-state index contributed by atoms with van der Waals surface area (Å²) in [7, 11) is 4.16. The minimum absolute atomic E-state index is 0.0238. The lowest BCUT2D eigenvalue weighted by Crippen LogP contribution is -2.59. The quantitative estimate of drug-likeness (QED) is 0.520. The minimum Gasteiger partial charge on any atom is -0.457 e. The molecule has 2 aromatic rings. The van der Waals surface area contributed by atoms with Gasteiger partial charge in [0.25, 0.3) is 5.91 Å². The maximum Gasteiger partial charge on any atom is 0.326 e. The van der Waals surface area contributed by atoms with E-state index in [1.54, 1.807) is 11.8 Å². The zero-order valence-corrected chi connectivity index (χ0v) is 23.1. The number of amides is 3. The van der Waals surface area contributed by atoms with Gasteiger partial charge in [-0.3, -0.25) is 9.69 Å². The third kappa shape index (κ3) is 4.58. The molecule has 1 saturated heterocycles. The molecule has 2 aliphatic heterocycles. The van der Waals surface area contributed by atoms with Crippen molar-refractivity contribution in [3.05, 3.63) is 64.7 Å². The van der Waals surface area contributed by atoms with E-state index in [9.17, 15) is 9.59 Å². The fraction of sp³-hybridized carbons (Fsp3) is 0.467. The summed E-state index contributed by atoms with van der Waals surface area (Å²) in [5.41, 5.74) is 2.72. The first kappa shape index (κ1) is 25.3. The lowest BCUT2D eigenvalue weighted by Gasteiger charge is -2.46. The average Bonchev–Trinajstić information content (AvgIpc) is 3.51. The van der Waals surface area contributed by atoms with E-state index in [-0.39, 0.29) is 29.9 Å². The van der Waals surface area contributed by atoms with Crippen LogP contribution in [0.15, 0.2) is 59.1 Å². The van der Waals surface area contributed by atoms with Crippen LogP contribution in [0.2, 0.25) is 0 Å². The van der Waals surface area contributed by atoms with Crippen molar-refractivity contribution < 1.29 is 14.3 Å². The van der Waals surface area contributed by atoms with Gasteiger partial charge in [-0.1, -0.05) is 24.6 Å². The summed E-state index contributed by atoms with van der Waals surface area (Å²) in [5.74, 6) is 1.64. The zero-order valence-electron chi connectivity index (χ0n) is 22.3. The van der Waals surface area contributed by atoms with E-state index in [1.807, 2.05) is 60.4 Å². The molecule has 4 aliphatic rings. The molecular formula is C30H36N4O3S. The van der Waals surface area contributed by atoms with Gasteiger partial charge in [0.1, 0.15) is 11.5 Å². The number of likely N-dealkylation sites (N-methyl/N-ethyl adjacent to an activating group) is 1. The Morgan fingerprint density at radius 3 is 2.61 bits per heavy atom. The summed E-state index contributed by atoms with van der Waals surface area (Å²) in [6, 6.07) is 16.0. The first-order chi connectivity index (χ1) is 18.4. The Balaban J connectivity index is 1.25.